The summed E-state index contributed by atoms with van der Waals surface area (Å²) in [5, 5.41) is 49.9. The van der Waals surface area contributed by atoms with Gasteiger partial charge in [-0.05, 0) is 100 Å². The van der Waals surface area contributed by atoms with Crippen LogP contribution in [0.4, 0.5) is 0 Å². The van der Waals surface area contributed by atoms with Gasteiger partial charge in [-0.25, -0.2) is 4.79 Å². The maximum Gasteiger partial charge on any atom is 0.335 e. The highest BCUT2D eigenvalue weighted by Gasteiger charge is 2.51. The fraction of sp³-hybridized carbons (Fsp3) is 0.788. The monoisotopic (exact) mass is 576 g/mol. The van der Waals surface area contributed by atoms with Crippen molar-refractivity contribution in [3.63, 3.8) is 0 Å². The predicted molar refractivity (Wildman–Crippen MR) is 156 cm³/mol. The number of aliphatic hydroxyl groups excluding tert-OH is 3. The molecule has 0 aromatic heterocycles. The van der Waals surface area contributed by atoms with Crippen molar-refractivity contribution in [3.05, 3.63) is 35.5 Å². The van der Waals surface area contributed by atoms with Gasteiger partial charge < -0.3 is 35.0 Å². The van der Waals surface area contributed by atoms with E-state index in [-0.39, 0.29) is 6.10 Å². The van der Waals surface area contributed by atoms with Gasteiger partial charge in [-0.1, -0.05) is 56.6 Å². The number of carboxylic acid groups (broad SMARTS) is 1. The summed E-state index contributed by atoms with van der Waals surface area (Å²) in [6.07, 6.45) is 7.16. The first-order valence-corrected chi connectivity index (χ1v) is 15.6. The zero-order chi connectivity index (χ0) is 30.1. The van der Waals surface area contributed by atoms with Crippen LogP contribution in [-0.4, -0.2) is 73.9 Å². The molecule has 4 rings (SSSR count). The van der Waals surface area contributed by atoms with E-state index >= 15 is 0 Å². The van der Waals surface area contributed by atoms with Gasteiger partial charge in [0.1, 0.15) is 18.3 Å². The van der Waals surface area contributed by atoms with Crippen LogP contribution in [0.5, 0.6) is 0 Å². The lowest BCUT2D eigenvalue weighted by Gasteiger charge is -2.44. The van der Waals surface area contributed by atoms with Crippen molar-refractivity contribution in [1.29, 1.82) is 0 Å². The van der Waals surface area contributed by atoms with Crippen LogP contribution in [0.3, 0.4) is 0 Å². The Labute approximate surface area is 245 Å². The summed E-state index contributed by atoms with van der Waals surface area (Å²) in [6.45, 7) is 13.0. The molecule has 5 N–H and O–H groups in total. The predicted octanol–water partition coefficient (Wildman–Crippen LogP) is 4.65. The number of aliphatic hydroxyl groups is 4. The average molecular weight is 577 g/mol. The van der Waals surface area contributed by atoms with Crippen molar-refractivity contribution in [2.24, 2.45) is 23.2 Å². The fourth-order valence-corrected chi connectivity index (χ4v) is 8.12. The molecule has 8 heteroatoms. The van der Waals surface area contributed by atoms with E-state index in [1.54, 1.807) is 0 Å². The quantitative estimate of drug-likeness (QED) is 0.268. The van der Waals surface area contributed by atoms with Crippen LogP contribution in [-0.2, 0) is 14.3 Å². The number of aliphatic carboxylic acids is 1. The molecule has 1 heterocycles. The average Bonchev–Trinajstić information content (AvgIpc) is 3.25. The maximum absolute atomic E-state index is 11.5. The smallest absolute Gasteiger partial charge is 0.335 e. The molecule has 10 atom stereocenters. The minimum absolute atomic E-state index is 0.298. The summed E-state index contributed by atoms with van der Waals surface area (Å²) >= 11 is 0. The number of rotatable bonds is 9. The standard InChI is InChI=1S/C33H52O8/c1-19-10-13-23(40-31-28(36)26(34)27(35)29(41-31)30(37)38)18-22(19)12-11-21-9-7-17-33(5)24(14-15-25(21)33)20(2)8-6-16-32(3,4)39/h11-12,20,23-29,31,34-36,39H,1,6-10,13-18H2,2-5H3,(H,37,38)/b21-11?,22-12-/t20-,23+,24-,25+,26+,27+,28-,29+,31-,33-/m1/s1. The topological polar surface area (TPSA) is 137 Å². The first-order valence-electron chi connectivity index (χ1n) is 15.6. The van der Waals surface area contributed by atoms with Crippen LogP contribution in [0.25, 0.3) is 0 Å². The Balaban J connectivity index is 1.41. The molecule has 0 aromatic carbocycles. The van der Waals surface area contributed by atoms with Crippen LogP contribution in [0.1, 0.15) is 98.3 Å². The molecule has 3 saturated carbocycles. The third kappa shape index (κ3) is 7.34. The normalized spacial score (nSPS) is 41.0. The molecular formula is C33H52O8. The Morgan fingerprint density at radius 1 is 1.15 bits per heavy atom. The highest BCUT2D eigenvalue weighted by atomic mass is 16.7. The van der Waals surface area contributed by atoms with Crippen LogP contribution >= 0.6 is 0 Å². The lowest BCUT2D eigenvalue weighted by Crippen LogP contribution is -2.60. The molecule has 3 aliphatic carbocycles. The molecule has 4 fully saturated rings. The second-order valence-corrected chi connectivity index (χ2v) is 14.1. The molecule has 1 aliphatic heterocycles. The number of fused-ring (bicyclic) bond motifs is 1. The largest absolute Gasteiger partial charge is 0.479 e. The molecule has 0 amide bonds. The molecule has 232 valence electrons. The first-order chi connectivity index (χ1) is 19.2. The molecule has 1 saturated heterocycles. The molecule has 41 heavy (non-hydrogen) atoms. The molecule has 0 unspecified atom stereocenters. The minimum atomic E-state index is -1.73. The Bertz CT molecular complexity index is 1010. The van der Waals surface area contributed by atoms with Crippen molar-refractivity contribution < 1.29 is 39.8 Å². The van der Waals surface area contributed by atoms with E-state index in [9.17, 15) is 30.3 Å². The van der Waals surface area contributed by atoms with Crippen molar-refractivity contribution in [3.8, 4) is 0 Å². The summed E-state index contributed by atoms with van der Waals surface area (Å²) in [7, 11) is 0. The van der Waals surface area contributed by atoms with Crippen LogP contribution in [0.15, 0.2) is 35.5 Å². The molecule has 0 aromatic rings. The number of carbonyl (C=O) groups is 1. The molecule has 8 nitrogen and oxygen atoms in total. The third-order valence-electron chi connectivity index (χ3n) is 10.5. The SMILES string of the molecule is C=C1CC[C@H](O[C@@H]2O[C@H](C(=O)O)[C@@H](O)[C@H](O)[C@H]2O)C/C1=C/C=C1CCC[C@]2(C)[C@@H]([C@H](C)CCCC(C)(C)O)CC[C@@H]12. The second kappa shape index (κ2) is 13.0. The molecule has 4 aliphatic rings. The Morgan fingerprint density at radius 3 is 2.56 bits per heavy atom. The first kappa shape index (κ1) is 32.4. The maximum atomic E-state index is 11.5. The molecular weight excluding hydrogens is 524 g/mol. The summed E-state index contributed by atoms with van der Waals surface area (Å²) in [4.78, 5) is 11.5. The Hall–Kier alpha value is -1.55. The molecule has 0 bridgehead atoms. The van der Waals surface area contributed by atoms with E-state index in [4.69, 9.17) is 9.47 Å². The van der Waals surface area contributed by atoms with Gasteiger partial charge in [0.25, 0.3) is 0 Å². The number of allylic oxidation sites excluding steroid dienone is 4. The van der Waals surface area contributed by atoms with Gasteiger partial charge in [0.15, 0.2) is 12.4 Å². The lowest BCUT2D eigenvalue weighted by molar-refractivity contribution is -0.304. The van der Waals surface area contributed by atoms with Gasteiger partial charge >= 0.3 is 5.97 Å². The third-order valence-corrected chi connectivity index (χ3v) is 10.5. The van der Waals surface area contributed by atoms with Gasteiger partial charge in [-0.3, -0.25) is 0 Å². The Morgan fingerprint density at radius 2 is 1.88 bits per heavy atom. The van der Waals surface area contributed by atoms with E-state index in [2.05, 4.69) is 32.6 Å². The van der Waals surface area contributed by atoms with E-state index < -0.39 is 42.3 Å². The van der Waals surface area contributed by atoms with E-state index in [0.717, 1.165) is 36.8 Å². The highest BCUT2D eigenvalue weighted by molar-refractivity contribution is 5.73. The van der Waals surface area contributed by atoms with Crippen LogP contribution in [0, 0.1) is 23.2 Å². The fourth-order valence-electron chi connectivity index (χ4n) is 8.12. The zero-order valence-electron chi connectivity index (χ0n) is 25.3. The lowest BCUT2D eigenvalue weighted by atomic mass is 9.60. The van der Waals surface area contributed by atoms with E-state index in [1.807, 2.05) is 13.8 Å². The van der Waals surface area contributed by atoms with Crippen LogP contribution in [0.2, 0.25) is 0 Å². The van der Waals surface area contributed by atoms with Gasteiger partial charge in [-0.2, -0.15) is 0 Å². The minimum Gasteiger partial charge on any atom is -0.479 e. The number of ether oxygens (including phenoxy) is 2. The van der Waals surface area contributed by atoms with Gasteiger partial charge in [0, 0.05) is 0 Å². The summed E-state index contributed by atoms with van der Waals surface area (Å²) in [6, 6.07) is 0. The van der Waals surface area contributed by atoms with Crippen molar-refractivity contribution in [1.82, 2.24) is 0 Å². The molecule has 0 radical (unpaired) electrons. The second-order valence-electron chi connectivity index (χ2n) is 14.1. The highest BCUT2D eigenvalue weighted by Crippen LogP contribution is 2.60. The summed E-state index contributed by atoms with van der Waals surface area (Å²) in [5.41, 5.74) is 3.34. The van der Waals surface area contributed by atoms with Gasteiger partial charge in [0.2, 0.25) is 0 Å². The number of hydrogen-bond donors (Lipinski definition) is 5. The number of hydrogen-bond acceptors (Lipinski definition) is 7. The van der Waals surface area contributed by atoms with Crippen molar-refractivity contribution >= 4 is 5.97 Å². The Kier molecular flexibility index (Phi) is 10.2. The van der Waals surface area contributed by atoms with E-state index in [1.165, 1.54) is 31.3 Å². The van der Waals surface area contributed by atoms with Crippen LogP contribution < -0.4 is 0 Å². The number of carboxylic acids is 1. The zero-order valence-corrected chi connectivity index (χ0v) is 25.3. The van der Waals surface area contributed by atoms with Gasteiger partial charge in [-0.15, -0.1) is 0 Å². The summed E-state index contributed by atoms with van der Waals surface area (Å²) in [5.74, 6) is 0.487. The van der Waals surface area contributed by atoms with Gasteiger partial charge in [0.05, 0.1) is 11.7 Å². The van der Waals surface area contributed by atoms with Crippen molar-refractivity contribution in [2.45, 2.75) is 141 Å². The van der Waals surface area contributed by atoms with Crippen molar-refractivity contribution in [2.75, 3.05) is 0 Å². The summed E-state index contributed by atoms with van der Waals surface area (Å²) < 4.78 is 11.3. The van der Waals surface area contributed by atoms with E-state index in [0.29, 0.717) is 42.4 Å². The molecule has 0 spiro atoms.